The van der Waals surface area contributed by atoms with Crippen LogP contribution >= 0.6 is 0 Å². The molecule has 0 fully saturated rings. The SMILES string of the molecule is Cc1ccccc1NC(=O)Cn1ccc2cc(OC(C)C)ccc2c1=O. The minimum absolute atomic E-state index is 0.0344. The zero-order valence-electron chi connectivity index (χ0n) is 15.2. The van der Waals surface area contributed by atoms with Crippen LogP contribution in [-0.4, -0.2) is 16.6 Å². The van der Waals surface area contributed by atoms with E-state index < -0.39 is 0 Å². The lowest BCUT2D eigenvalue weighted by atomic mass is 10.1. The molecule has 1 heterocycles. The number of hydrogen-bond acceptors (Lipinski definition) is 3. The number of rotatable bonds is 5. The molecule has 3 aromatic rings. The molecule has 0 saturated carbocycles. The second-order valence-electron chi connectivity index (χ2n) is 6.53. The number of aromatic nitrogens is 1. The summed E-state index contributed by atoms with van der Waals surface area (Å²) in [6.45, 7) is 5.80. The number of amides is 1. The molecule has 5 nitrogen and oxygen atoms in total. The molecular formula is C21H22N2O3. The number of anilines is 1. The third kappa shape index (κ3) is 3.94. The Bertz CT molecular complexity index is 1010. The summed E-state index contributed by atoms with van der Waals surface area (Å²) in [5, 5.41) is 4.20. The lowest BCUT2D eigenvalue weighted by Crippen LogP contribution is -2.27. The molecule has 134 valence electrons. The van der Waals surface area contributed by atoms with Crippen LogP contribution in [0, 0.1) is 6.92 Å². The average molecular weight is 350 g/mol. The highest BCUT2D eigenvalue weighted by Crippen LogP contribution is 2.19. The fourth-order valence-electron chi connectivity index (χ4n) is 2.79. The Hall–Kier alpha value is -3.08. The summed E-state index contributed by atoms with van der Waals surface area (Å²) in [6.07, 6.45) is 1.71. The molecule has 0 aliphatic heterocycles. The number of carbonyl (C=O) groups is 1. The minimum Gasteiger partial charge on any atom is -0.491 e. The summed E-state index contributed by atoms with van der Waals surface area (Å²) in [4.78, 5) is 25.0. The number of pyridine rings is 1. The molecule has 0 bridgehead atoms. The van der Waals surface area contributed by atoms with E-state index in [-0.39, 0.29) is 24.1 Å². The zero-order valence-corrected chi connectivity index (χ0v) is 15.2. The van der Waals surface area contributed by atoms with Crippen molar-refractivity contribution in [3.8, 4) is 5.75 Å². The van der Waals surface area contributed by atoms with Gasteiger partial charge in [-0.25, -0.2) is 0 Å². The van der Waals surface area contributed by atoms with E-state index in [0.717, 1.165) is 22.4 Å². The lowest BCUT2D eigenvalue weighted by Gasteiger charge is -2.12. The van der Waals surface area contributed by atoms with Gasteiger partial charge in [-0.1, -0.05) is 18.2 Å². The highest BCUT2D eigenvalue weighted by atomic mass is 16.5. The number of fused-ring (bicyclic) bond motifs is 1. The van der Waals surface area contributed by atoms with Gasteiger partial charge in [0.2, 0.25) is 5.91 Å². The largest absolute Gasteiger partial charge is 0.491 e. The van der Waals surface area contributed by atoms with Crippen LogP contribution in [-0.2, 0) is 11.3 Å². The lowest BCUT2D eigenvalue weighted by molar-refractivity contribution is -0.116. The second-order valence-corrected chi connectivity index (χ2v) is 6.53. The van der Waals surface area contributed by atoms with Crippen molar-refractivity contribution in [2.75, 3.05) is 5.32 Å². The average Bonchev–Trinajstić information content (AvgIpc) is 2.59. The number of aryl methyl sites for hydroxylation is 1. The standard InChI is InChI=1S/C21H22N2O3/c1-14(2)26-17-8-9-18-16(12-17)10-11-23(21(18)25)13-20(24)22-19-7-5-4-6-15(19)3/h4-12,14H,13H2,1-3H3,(H,22,24). The Balaban J connectivity index is 1.82. The Morgan fingerprint density at radius 2 is 1.92 bits per heavy atom. The molecule has 0 spiro atoms. The Labute approximate surface area is 152 Å². The molecule has 0 atom stereocenters. The maximum absolute atomic E-state index is 12.7. The van der Waals surface area contributed by atoms with Gasteiger partial charge in [-0.15, -0.1) is 0 Å². The third-order valence-electron chi connectivity index (χ3n) is 4.05. The molecule has 2 aromatic carbocycles. The van der Waals surface area contributed by atoms with Crippen LogP contribution in [0.3, 0.4) is 0 Å². The van der Waals surface area contributed by atoms with E-state index in [1.54, 1.807) is 18.3 Å². The Morgan fingerprint density at radius 1 is 1.15 bits per heavy atom. The second kappa shape index (κ2) is 7.44. The zero-order chi connectivity index (χ0) is 18.7. The molecule has 26 heavy (non-hydrogen) atoms. The fourth-order valence-corrected chi connectivity index (χ4v) is 2.79. The summed E-state index contributed by atoms with van der Waals surface area (Å²) in [7, 11) is 0. The quantitative estimate of drug-likeness (QED) is 0.763. The van der Waals surface area contributed by atoms with Gasteiger partial charge in [0.1, 0.15) is 12.3 Å². The number of hydrogen-bond donors (Lipinski definition) is 1. The summed E-state index contributed by atoms with van der Waals surface area (Å²) in [5.41, 5.74) is 1.53. The summed E-state index contributed by atoms with van der Waals surface area (Å²) in [5.74, 6) is 0.488. The van der Waals surface area contributed by atoms with E-state index in [2.05, 4.69) is 5.32 Å². The number of nitrogens with zero attached hydrogens (tertiary/aromatic N) is 1. The van der Waals surface area contributed by atoms with Crippen LogP contribution in [0.2, 0.25) is 0 Å². The number of benzene rings is 2. The molecule has 0 radical (unpaired) electrons. The molecule has 1 N–H and O–H groups in total. The number of ether oxygens (including phenoxy) is 1. The smallest absolute Gasteiger partial charge is 0.258 e. The van der Waals surface area contributed by atoms with Gasteiger partial charge in [0.05, 0.1) is 6.10 Å². The van der Waals surface area contributed by atoms with Crippen molar-refractivity contribution in [2.45, 2.75) is 33.4 Å². The van der Waals surface area contributed by atoms with E-state index in [9.17, 15) is 9.59 Å². The van der Waals surface area contributed by atoms with Gasteiger partial charge in [-0.05, 0) is 62.1 Å². The monoisotopic (exact) mass is 350 g/mol. The number of para-hydroxylation sites is 1. The maximum Gasteiger partial charge on any atom is 0.258 e. The maximum atomic E-state index is 12.7. The fraction of sp³-hybridized carbons (Fsp3) is 0.238. The summed E-state index contributed by atoms with van der Waals surface area (Å²) >= 11 is 0. The predicted molar refractivity (Wildman–Crippen MR) is 104 cm³/mol. The van der Waals surface area contributed by atoms with E-state index >= 15 is 0 Å². The van der Waals surface area contributed by atoms with Gasteiger partial charge in [0, 0.05) is 17.3 Å². The Morgan fingerprint density at radius 3 is 2.65 bits per heavy atom. The van der Waals surface area contributed by atoms with Crippen molar-refractivity contribution in [3.05, 3.63) is 70.6 Å². The molecule has 5 heteroatoms. The van der Waals surface area contributed by atoms with Crippen molar-refractivity contribution < 1.29 is 9.53 Å². The van der Waals surface area contributed by atoms with Gasteiger partial charge in [0.25, 0.3) is 5.56 Å². The molecular weight excluding hydrogens is 328 g/mol. The highest BCUT2D eigenvalue weighted by Gasteiger charge is 2.09. The summed E-state index contributed by atoms with van der Waals surface area (Å²) < 4.78 is 7.08. The molecule has 0 aliphatic rings. The van der Waals surface area contributed by atoms with Crippen LogP contribution in [0.5, 0.6) is 5.75 Å². The third-order valence-corrected chi connectivity index (χ3v) is 4.05. The van der Waals surface area contributed by atoms with Gasteiger partial charge >= 0.3 is 0 Å². The first-order valence-electron chi connectivity index (χ1n) is 8.59. The first-order chi connectivity index (χ1) is 12.4. The van der Waals surface area contributed by atoms with E-state index in [1.165, 1.54) is 4.57 Å². The molecule has 3 rings (SSSR count). The van der Waals surface area contributed by atoms with Gasteiger partial charge in [-0.2, -0.15) is 0 Å². The number of carbonyl (C=O) groups excluding carboxylic acids is 1. The van der Waals surface area contributed by atoms with Crippen molar-refractivity contribution in [1.82, 2.24) is 4.57 Å². The topological polar surface area (TPSA) is 60.3 Å². The normalized spacial score (nSPS) is 10.9. The van der Waals surface area contributed by atoms with Crippen molar-refractivity contribution in [2.24, 2.45) is 0 Å². The van der Waals surface area contributed by atoms with Crippen LogP contribution in [0.25, 0.3) is 10.8 Å². The van der Waals surface area contributed by atoms with E-state index in [0.29, 0.717) is 5.39 Å². The Kier molecular flexibility index (Phi) is 5.07. The van der Waals surface area contributed by atoms with Crippen LogP contribution in [0.15, 0.2) is 59.5 Å². The van der Waals surface area contributed by atoms with Gasteiger partial charge in [0.15, 0.2) is 0 Å². The van der Waals surface area contributed by atoms with Crippen LogP contribution < -0.4 is 15.6 Å². The molecule has 0 unspecified atom stereocenters. The molecule has 1 aromatic heterocycles. The molecule has 0 aliphatic carbocycles. The van der Waals surface area contributed by atoms with Crippen LogP contribution in [0.4, 0.5) is 5.69 Å². The van der Waals surface area contributed by atoms with E-state index in [1.807, 2.05) is 57.2 Å². The summed E-state index contributed by atoms with van der Waals surface area (Å²) in [6, 6.07) is 14.7. The number of nitrogens with one attached hydrogen (secondary N) is 1. The van der Waals surface area contributed by atoms with Gasteiger partial charge < -0.3 is 14.6 Å². The van der Waals surface area contributed by atoms with E-state index in [4.69, 9.17) is 4.74 Å². The van der Waals surface area contributed by atoms with Gasteiger partial charge in [-0.3, -0.25) is 9.59 Å². The van der Waals surface area contributed by atoms with Crippen molar-refractivity contribution >= 4 is 22.4 Å². The molecule has 0 saturated heterocycles. The van der Waals surface area contributed by atoms with Crippen LogP contribution in [0.1, 0.15) is 19.4 Å². The first kappa shape index (κ1) is 17.7. The predicted octanol–water partition coefficient (Wildman–Crippen LogP) is 3.74. The highest BCUT2D eigenvalue weighted by molar-refractivity contribution is 5.91. The van der Waals surface area contributed by atoms with Crippen molar-refractivity contribution in [1.29, 1.82) is 0 Å². The minimum atomic E-state index is -0.236. The van der Waals surface area contributed by atoms with Crippen molar-refractivity contribution in [3.63, 3.8) is 0 Å². The molecule has 1 amide bonds. The first-order valence-corrected chi connectivity index (χ1v) is 8.59.